The lowest BCUT2D eigenvalue weighted by atomic mass is 10.2. The lowest BCUT2D eigenvalue weighted by Gasteiger charge is -2.07. The molecule has 7 heteroatoms. The third-order valence-electron chi connectivity index (χ3n) is 3.37. The molecule has 0 bridgehead atoms. The Morgan fingerprint density at radius 2 is 2.00 bits per heavy atom. The molecule has 3 aromatic rings. The Balaban J connectivity index is 1.74. The zero-order valence-electron chi connectivity index (χ0n) is 13.5. The number of hydrogen-bond donors (Lipinski definition) is 0. The number of methoxy groups -OCH3 is 1. The van der Waals surface area contributed by atoms with Gasteiger partial charge in [-0.2, -0.15) is 0 Å². The van der Waals surface area contributed by atoms with Gasteiger partial charge in [-0.05, 0) is 30.3 Å². The second-order valence-corrected chi connectivity index (χ2v) is 5.11. The highest BCUT2D eigenvalue weighted by Gasteiger charge is 2.11. The van der Waals surface area contributed by atoms with Gasteiger partial charge in [0, 0.05) is 13.2 Å². The van der Waals surface area contributed by atoms with Crippen LogP contribution in [-0.2, 0) is 14.3 Å². The lowest BCUT2D eigenvalue weighted by molar-refractivity contribution is -0.147. The summed E-state index contributed by atoms with van der Waals surface area (Å²) in [6, 6.07) is 9.51. The molecule has 3 rings (SSSR count). The molecule has 1 aromatic carbocycles. The highest BCUT2D eigenvalue weighted by atomic mass is 16.6. The smallest absolute Gasteiger partial charge is 0.344 e. The number of esters is 1. The van der Waals surface area contributed by atoms with Crippen molar-refractivity contribution in [2.45, 2.75) is 0 Å². The Labute approximate surface area is 142 Å². The molecular formula is C18H16O7. The molecule has 0 atom stereocenters. The summed E-state index contributed by atoms with van der Waals surface area (Å²) in [6.07, 6.45) is 1.50. The molecule has 0 amide bonds. The second kappa shape index (κ2) is 7.67. The van der Waals surface area contributed by atoms with Crippen LogP contribution in [0.5, 0.6) is 5.75 Å². The minimum atomic E-state index is -0.516. The van der Waals surface area contributed by atoms with Crippen molar-refractivity contribution in [2.75, 3.05) is 26.9 Å². The van der Waals surface area contributed by atoms with E-state index in [1.54, 1.807) is 24.3 Å². The zero-order valence-corrected chi connectivity index (χ0v) is 13.5. The highest BCUT2D eigenvalue weighted by molar-refractivity contribution is 5.80. The number of fused-ring (bicyclic) bond motifs is 1. The lowest BCUT2D eigenvalue weighted by Crippen LogP contribution is -2.17. The average molecular weight is 344 g/mol. The predicted molar refractivity (Wildman–Crippen MR) is 88.5 cm³/mol. The summed E-state index contributed by atoms with van der Waals surface area (Å²) < 4.78 is 25.9. The number of furan rings is 1. The van der Waals surface area contributed by atoms with E-state index >= 15 is 0 Å². The first-order valence-corrected chi connectivity index (χ1v) is 7.56. The van der Waals surface area contributed by atoms with E-state index < -0.39 is 5.97 Å². The van der Waals surface area contributed by atoms with Crippen LogP contribution < -0.4 is 10.2 Å². The first kappa shape index (κ1) is 16.8. The molecule has 0 aliphatic heterocycles. The maximum Gasteiger partial charge on any atom is 0.344 e. The molecule has 0 aliphatic rings. The van der Waals surface area contributed by atoms with Crippen LogP contribution >= 0.6 is 0 Å². The van der Waals surface area contributed by atoms with Gasteiger partial charge >= 0.3 is 5.97 Å². The average Bonchev–Trinajstić information content (AvgIpc) is 3.15. The van der Waals surface area contributed by atoms with Crippen LogP contribution in [0.15, 0.2) is 56.3 Å². The summed E-state index contributed by atoms with van der Waals surface area (Å²) in [6.45, 7) is 0.224. The quantitative estimate of drug-likeness (QED) is 0.481. The van der Waals surface area contributed by atoms with Crippen molar-refractivity contribution in [3.05, 3.63) is 52.9 Å². The van der Waals surface area contributed by atoms with Crippen molar-refractivity contribution in [1.82, 2.24) is 0 Å². The van der Waals surface area contributed by atoms with Crippen LogP contribution in [0.25, 0.3) is 22.5 Å². The SMILES string of the molecule is COCCOC(=O)COc1ccc2oc(-c3ccco3)cc(=O)c2c1. The number of carbonyl (C=O) groups is 1. The van der Waals surface area contributed by atoms with E-state index in [0.29, 0.717) is 34.8 Å². The molecule has 0 spiro atoms. The molecule has 0 saturated heterocycles. The van der Waals surface area contributed by atoms with Crippen LogP contribution in [0.2, 0.25) is 0 Å². The summed E-state index contributed by atoms with van der Waals surface area (Å²) >= 11 is 0. The largest absolute Gasteiger partial charge is 0.482 e. The summed E-state index contributed by atoms with van der Waals surface area (Å²) in [5, 5.41) is 0.348. The van der Waals surface area contributed by atoms with E-state index in [4.69, 9.17) is 23.0 Å². The molecule has 0 fully saturated rings. The Morgan fingerprint density at radius 3 is 2.76 bits per heavy atom. The molecule has 0 radical (unpaired) electrons. The van der Waals surface area contributed by atoms with Gasteiger partial charge in [0.2, 0.25) is 0 Å². The summed E-state index contributed by atoms with van der Waals surface area (Å²) in [5.74, 6) is 0.669. The molecule has 2 aromatic heterocycles. The Bertz CT molecular complexity index is 909. The fourth-order valence-corrected chi connectivity index (χ4v) is 2.19. The number of hydrogen-bond acceptors (Lipinski definition) is 7. The van der Waals surface area contributed by atoms with Gasteiger partial charge in [-0.1, -0.05) is 0 Å². The Hall–Kier alpha value is -3.06. The molecular weight excluding hydrogens is 328 g/mol. The van der Waals surface area contributed by atoms with Crippen molar-refractivity contribution in [1.29, 1.82) is 0 Å². The third-order valence-corrected chi connectivity index (χ3v) is 3.37. The third kappa shape index (κ3) is 4.07. The fraction of sp³-hybridized carbons (Fsp3) is 0.222. The van der Waals surface area contributed by atoms with Crippen LogP contribution in [0, 0.1) is 0 Å². The highest BCUT2D eigenvalue weighted by Crippen LogP contribution is 2.24. The molecule has 0 saturated carbocycles. The zero-order chi connectivity index (χ0) is 17.6. The topological polar surface area (TPSA) is 88.1 Å². The van der Waals surface area contributed by atoms with E-state index in [1.807, 2.05) is 0 Å². The molecule has 0 unspecified atom stereocenters. The van der Waals surface area contributed by atoms with Gasteiger partial charge in [0.1, 0.15) is 17.9 Å². The van der Waals surface area contributed by atoms with Gasteiger partial charge in [-0.3, -0.25) is 4.79 Å². The molecule has 130 valence electrons. The number of ether oxygens (including phenoxy) is 3. The van der Waals surface area contributed by atoms with Gasteiger partial charge in [-0.15, -0.1) is 0 Å². The van der Waals surface area contributed by atoms with E-state index in [2.05, 4.69) is 0 Å². The minimum Gasteiger partial charge on any atom is -0.482 e. The molecule has 2 heterocycles. The number of benzene rings is 1. The Kier molecular flexibility index (Phi) is 5.15. The van der Waals surface area contributed by atoms with Gasteiger partial charge < -0.3 is 23.0 Å². The molecule has 0 aliphatic carbocycles. The van der Waals surface area contributed by atoms with Gasteiger partial charge in [0.05, 0.1) is 18.3 Å². The predicted octanol–water partition coefficient (Wildman–Crippen LogP) is 2.62. The van der Waals surface area contributed by atoms with Crippen LogP contribution in [0.4, 0.5) is 0 Å². The Morgan fingerprint density at radius 1 is 1.12 bits per heavy atom. The number of carbonyl (C=O) groups excluding carboxylic acids is 1. The first-order chi connectivity index (χ1) is 12.2. The van der Waals surface area contributed by atoms with E-state index in [9.17, 15) is 9.59 Å². The van der Waals surface area contributed by atoms with Gasteiger partial charge in [0.25, 0.3) is 0 Å². The molecule has 25 heavy (non-hydrogen) atoms. The van der Waals surface area contributed by atoms with Crippen molar-refractivity contribution < 1.29 is 27.8 Å². The molecule has 7 nitrogen and oxygen atoms in total. The summed E-state index contributed by atoms with van der Waals surface area (Å²) in [5.41, 5.74) is 0.162. The first-order valence-electron chi connectivity index (χ1n) is 7.56. The fourth-order valence-electron chi connectivity index (χ4n) is 2.19. The standard InChI is InChI=1S/C18H16O7/c1-21-7-8-23-18(20)11-24-12-4-5-15-13(9-12)14(19)10-17(25-15)16-3-2-6-22-16/h2-6,9-10H,7-8,11H2,1H3. The van der Waals surface area contributed by atoms with E-state index in [-0.39, 0.29) is 18.6 Å². The van der Waals surface area contributed by atoms with Crippen molar-refractivity contribution in [2.24, 2.45) is 0 Å². The minimum absolute atomic E-state index is 0.162. The van der Waals surface area contributed by atoms with Crippen LogP contribution in [0.1, 0.15) is 0 Å². The maximum absolute atomic E-state index is 12.3. The summed E-state index contributed by atoms with van der Waals surface area (Å²) in [4.78, 5) is 23.8. The van der Waals surface area contributed by atoms with Gasteiger partial charge in [-0.25, -0.2) is 4.79 Å². The summed E-state index contributed by atoms with van der Waals surface area (Å²) in [7, 11) is 1.52. The van der Waals surface area contributed by atoms with Crippen molar-refractivity contribution in [3.63, 3.8) is 0 Å². The number of rotatable bonds is 7. The van der Waals surface area contributed by atoms with Crippen LogP contribution in [-0.4, -0.2) is 32.9 Å². The maximum atomic E-state index is 12.3. The van der Waals surface area contributed by atoms with Crippen molar-refractivity contribution in [3.8, 4) is 17.3 Å². The normalized spacial score (nSPS) is 10.8. The van der Waals surface area contributed by atoms with E-state index in [1.165, 1.54) is 25.5 Å². The molecule has 0 N–H and O–H groups in total. The van der Waals surface area contributed by atoms with Gasteiger partial charge in [0.15, 0.2) is 23.6 Å². The van der Waals surface area contributed by atoms with Crippen LogP contribution in [0.3, 0.4) is 0 Å². The van der Waals surface area contributed by atoms with E-state index in [0.717, 1.165) is 0 Å². The van der Waals surface area contributed by atoms with Crippen molar-refractivity contribution >= 4 is 16.9 Å². The second-order valence-electron chi connectivity index (χ2n) is 5.11. The monoisotopic (exact) mass is 344 g/mol.